The van der Waals surface area contributed by atoms with Gasteiger partial charge in [-0.25, -0.2) is 0 Å². The zero-order valence-electron chi connectivity index (χ0n) is 3.99. The van der Waals surface area contributed by atoms with Gasteiger partial charge in [-0.15, -0.1) is 0 Å². The second-order valence-electron chi connectivity index (χ2n) is 1.07. The molecule has 0 unspecified atom stereocenters. The van der Waals surface area contributed by atoms with Gasteiger partial charge in [-0.3, -0.25) is 0 Å². The minimum Gasteiger partial charge on any atom is -1.00 e. The molecule has 0 aliphatic carbocycles. The van der Waals surface area contributed by atoms with Crippen LogP contribution in [0.3, 0.4) is 0 Å². The minimum absolute atomic E-state index is 0. The summed E-state index contributed by atoms with van der Waals surface area (Å²) in [6.45, 7) is 5.51. The van der Waals surface area contributed by atoms with Crippen molar-refractivity contribution in [1.82, 2.24) is 0 Å². The smallest absolute Gasteiger partial charge is 1.00 e. The maximum atomic E-state index is 4.33. The van der Waals surface area contributed by atoms with E-state index in [4.69, 9.17) is 0 Å². The second kappa shape index (κ2) is 9.94. The summed E-state index contributed by atoms with van der Waals surface area (Å²) >= 11 is 4.33. The van der Waals surface area contributed by atoms with E-state index in [0.29, 0.717) is 0 Å². The van der Waals surface area contributed by atoms with Crippen LogP contribution in [0.5, 0.6) is 0 Å². The minimum atomic E-state index is 0. The Morgan fingerprint density at radius 2 is 1.71 bits per heavy atom. The molecule has 0 aromatic rings. The van der Waals surface area contributed by atoms with Crippen LogP contribution in [0.25, 0.3) is 0 Å². The van der Waals surface area contributed by atoms with Crippen molar-refractivity contribution in [3.8, 4) is 0 Å². The third-order valence-electron chi connectivity index (χ3n) is 0.191. The van der Waals surface area contributed by atoms with Crippen LogP contribution in [0.4, 0.5) is 0 Å². The molecule has 0 N–H and O–H groups in total. The number of allylic oxidation sites excluding steroid dienone is 1. The second-order valence-corrected chi connectivity index (χ2v) is 1.42. The third kappa shape index (κ3) is 19.9. The Bertz CT molecular complexity index is 45.0. The summed E-state index contributed by atoms with van der Waals surface area (Å²) < 4.78 is 0. The standard InChI is InChI=1S/C4H7.2ClH.Ni/c1-4(2)3;;;/h1-2H2,3H3;2*1H;/q;;;+2/p-2. The Labute approximate surface area is 64.9 Å². The van der Waals surface area contributed by atoms with Gasteiger partial charge in [-0.05, 0) is 0 Å². The molecule has 0 radical (unpaired) electrons. The summed E-state index contributed by atoms with van der Waals surface area (Å²) in [7, 11) is 0. The molecule has 3 heteroatoms. The van der Waals surface area contributed by atoms with Gasteiger partial charge in [-0.1, -0.05) is 0 Å². The summed E-state index contributed by atoms with van der Waals surface area (Å²) in [5.74, 6) is 0. The number of halogens is 2. The maximum absolute atomic E-state index is 4.33. The molecule has 0 amide bonds. The molecular formula is C4H7Cl2Ni. The van der Waals surface area contributed by atoms with Crippen molar-refractivity contribution in [2.24, 2.45) is 0 Å². The van der Waals surface area contributed by atoms with E-state index < -0.39 is 0 Å². The monoisotopic (exact) mass is 183 g/mol. The zero-order chi connectivity index (χ0) is 4.28. The first kappa shape index (κ1) is 15.7. The van der Waals surface area contributed by atoms with Gasteiger partial charge >= 0.3 is 39.9 Å². The topological polar surface area (TPSA) is 0 Å². The van der Waals surface area contributed by atoms with Crippen LogP contribution in [0.1, 0.15) is 6.92 Å². The first-order valence-corrected chi connectivity index (χ1v) is 2.13. The van der Waals surface area contributed by atoms with Crippen LogP contribution >= 0.6 is 0 Å². The fourth-order valence-electron chi connectivity index (χ4n) is 0. The van der Waals surface area contributed by atoms with Crippen molar-refractivity contribution in [2.75, 3.05) is 0 Å². The Morgan fingerprint density at radius 3 is 1.71 bits per heavy atom. The summed E-state index contributed by atoms with van der Waals surface area (Å²) in [6.07, 6.45) is 0. The summed E-state index contributed by atoms with van der Waals surface area (Å²) in [4.78, 5) is 0. The summed E-state index contributed by atoms with van der Waals surface area (Å²) in [6, 6.07) is 0. The average molecular weight is 185 g/mol. The van der Waals surface area contributed by atoms with Crippen molar-refractivity contribution >= 4 is 0 Å². The van der Waals surface area contributed by atoms with E-state index >= 15 is 0 Å². The SMILES string of the molecule is C=C(C)[CH2][Ni+2].[Cl-].[Cl-]. The summed E-state index contributed by atoms with van der Waals surface area (Å²) in [5, 5.41) is 0.736. The van der Waals surface area contributed by atoms with Crippen molar-refractivity contribution in [2.45, 2.75) is 12.3 Å². The predicted octanol–water partition coefficient (Wildman–Crippen LogP) is -4.46. The quantitative estimate of drug-likeness (QED) is 0.285. The van der Waals surface area contributed by atoms with Crippen LogP contribution in [0.2, 0.25) is 5.39 Å². The molecule has 0 aliphatic rings. The largest absolute Gasteiger partial charge is 1.00 e. The molecule has 0 nitrogen and oxygen atoms in total. The maximum Gasteiger partial charge on any atom is -1.00 e. The molecule has 0 rings (SSSR count). The van der Waals surface area contributed by atoms with Crippen LogP contribution in [0.15, 0.2) is 12.2 Å². The molecule has 0 spiro atoms. The van der Waals surface area contributed by atoms with Gasteiger partial charge in [0, 0.05) is 0 Å². The number of hydrogen-bond donors (Lipinski definition) is 0. The molecule has 0 fully saturated rings. The molecule has 0 aliphatic heterocycles. The van der Waals surface area contributed by atoms with E-state index in [1.165, 1.54) is 0 Å². The molecule has 0 saturated heterocycles. The van der Waals surface area contributed by atoms with E-state index in [1.807, 2.05) is 6.92 Å². The molecular weight excluding hydrogens is 178 g/mol. The normalized spacial score (nSPS) is 5.43. The van der Waals surface area contributed by atoms with Gasteiger partial charge in [0.2, 0.25) is 0 Å². The van der Waals surface area contributed by atoms with Gasteiger partial charge in [-0.2, -0.15) is 0 Å². The van der Waals surface area contributed by atoms with Gasteiger partial charge in [0.15, 0.2) is 0 Å². The fourth-order valence-corrected chi connectivity index (χ4v) is 0. The van der Waals surface area contributed by atoms with E-state index in [2.05, 4.69) is 22.0 Å². The van der Waals surface area contributed by atoms with Crippen LogP contribution < -0.4 is 24.8 Å². The average Bonchev–Trinajstić information content (AvgIpc) is 1.38. The van der Waals surface area contributed by atoms with Crippen LogP contribution in [-0.2, 0) is 15.5 Å². The first-order valence-electron chi connectivity index (χ1n) is 1.43. The Hall–Kier alpha value is 0.814. The first-order chi connectivity index (χ1) is 2.27. The number of rotatable bonds is 1. The van der Waals surface area contributed by atoms with Gasteiger partial charge < -0.3 is 24.8 Å². The van der Waals surface area contributed by atoms with Crippen molar-refractivity contribution in [3.05, 3.63) is 12.2 Å². The van der Waals surface area contributed by atoms with Crippen LogP contribution in [0, 0.1) is 0 Å². The Kier molecular flexibility index (Phi) is 22.2. The van der Waals surface area contributed by atoms with Gasteiger partial charge in [0.25, 0.3) is 0 Å². The summed E-state index contributed by atoms with van der Waals surface area (Å²) in [5.41, 5.74) is 1.09. The van der Waals surface area contributed by atoms with Crippen molar-refractivity contribution in [1.29, 1.82) is 0 Å². The molecule has 0 saturated carbocycles. The Balaban J connectivity index is -0.0000000800. The molecule has 0 heterocycles. The molecule has 0 atom stereocenters. The molecule has 0 aromatic heterocycles. The van der Waals surface area contributed by atoms with Crippen LogP contribution in [-0.4, -0.2) is 0 Å². The van der Waals surface area contributed by atoms with Gasteiger partial charge in [0.1, 0.15) is 0 Å². The predicted molar refractivity (Wildman–Crippen MR) is 19.6 cm³/mol. The molecule has 47 valence electrons. The zero-order valence-corrected chi connectivity index (χ0v) is 6.49. The molecule has 0 bridgehead atoms. The van der Waals surface area contributed by atoms with E-state index in [9.17, 15) is 0 Å². The van der Waals surface area contributed by atoms with E-state index in [0.717, 1.165) is 11.0 Å². The fraction of sp³-hybridized carbons (Fsp3) is 0.500. The van der Waals surface area contributed by atoms with Crippen molar-refractivity contribution in [3.63, 3.8) is 0 Å². The Morgan fingerprint density at radius 1 is 1.57 bits per heavy atom. The number of hydrogen-bond acceptors (Lipinski definition) is 0. The van der Waals surface area contributed by atoms with E-state index in [-0.39, 0.29) is 24.8 Å². The third-order valence-corrected chi connectivity index (χ3v) is 0.787. The van der Waals surface area contributed by atoms with Gasteiger partial charge in [0.05, 0.1) is 0 Å². The van der Waals surface area contributed by atoms with Crippen molar-refractivity contribution < 1.29 is 40.3 Å². The molecule has 0 aromatic carbocycles. The molecule has 7 heavy (non-hydrogen) atoms. The van der Waals surface area contributed by atoms with E-state index in [1.54, 1.807) is 0 Å².